The number of rotatable bonds is 6. The van der Waals surface area contributed by atoms with Crippen molar-refractivity contribution in [3.8, 4) is 0 Å². The Morgan fingerprint density at radius 2 is 2.00 bits per heavy atom. The van der Waals surface area contributed by atoms with Crippen molar-refractivity contribution in [2.24, 2.45) is 5.92 Å². The lowest BCUT2D eigenvalue weighted by atomic mass is 9.70. The van der Waals surface area contributed by atoms with Gasteiger partial charge in [0.25, 0.3) is 0 Å². The lowest BCUT2D eigenvalue weighted by Gasteiger charge is -2.11. The Morgan fingerprint density at radius 3 is 2.40 bits per heavy atom. The van der Waals surface area contributed by atoms with Gasteiger partial charge in [-0.05, 0) is 5.92 Å². The molecule has 0 nitrogen and oxygen atoms in total. The van der Waals surface area contributed by atoms with Crippen molar-refractivity contribution in [2.75, 3.05) is 0 Å². The Balaban J connectivity index is 3.21. The standard InChI is InChI=1S/C9H21B/c1-4-6-7-9(5-2)8-10-3/h9-10H,4-8H2,1-3H3. The molecule has 0 aliphatic rings. The third-order valence-electron chi connectivity index (χ3n) is 2.24. The normalized spacial score (nSPS) is 13.1. The van der Waals surface area contributed by atoms with Gasteiger partial charge in [-0.15, -0.1) is 0 Å². The van der Waals surface area contributed by atoms with Crippen LogP contribution in [0.15, 0.2) is 0 Å². The lowest BCUT2D eigenvalue weighted by Crippen LogP contribution is -2.00. The van der Waals surface area contributed by atoms with Crippen LogP contribution in [0.1, 0.15) is 39.5 Å². The van der Waals surface area contributed by atoms with Gasteiger partial charge in [0, 0.05) is 0 Å². The van der Waals surface area contributed by atoms with Gasteiger partial charge in [-0.2, -0.15) is 0 Å². The Bertz CT molecular complexity index is 61.7. The summed E-state index contributed by atoms with van der Waals surface area (Å²) in [4.78, 5) is 0. The average molecular weight is 140 g/mol. The van der Waals surface area contributed by atoms with Crippen molar-refractivity contribution in [1.82, 2.24) is 0 Å². The van der Waals surface area contributed by atoms with E-state index in [0.717, 1.165) is 5.92 Å². The molecule has 1 heteroatoms. The van der Waals surface area contributed by atoms with E-state index in [1.165, 1.54) is 39.3 Å². The minimum absolute atomic E-state index is 1.02. The zero-order valence-corrected chi connectivity index (χ0v) is 7.82. The van der Waals surface area contributed by atoms with E-state index in [1.807, 2.05) is 0 Å². The van der Waals surface area contributed by atoms with Gasteiger partial charge in [0.2, 0.25) is 0 Å². The summed E-state index contributed by atoms with van der Waals surface area (Å²) < 4.78 is 0. The summed E-state index contributed by atoms with van der Waals surface area (Å²) >= 11 is 0. The van der Waals surface area contributed by atoms with Gasteiger partial charge in [0.1, 0.15) is 7.28 Å². The molecule has 0 aromatic rings. The quantitative estimate of drug-likeness (QED) is 0.497. The molecule has 0 rings (SSSR count). The van der Waals surface area contributed by atoms with Crippen molar-refractivity contribution < 1.29 is 0 Å². The fourth-order valence-corrected chi connectivity index (χ4v) is 1.45. The van der Waals surface area contributed by atoms with Crippen LogP contribution in [0.3, 0.4) is 0 Å². The van der Waals surface area contributed by atoms with E-state index in [4.69, 9.17) is 0 Å². The smallest absolute Gasteiger partial charge is 0.0893 e. The van der Waals surface area contributed by atoms with Crippen LogP contribution in [0.5, 0.6) is 0 Å². The van der Waals surface area contributed by atoms with Gasteiger partial charge >= 0.3 is 0 Å². The van der Waals surface area contributed by atoms with Crippen LogP contribution in [0, 0.1) is 5.92 Å². The molecule has 0 heterocycles. The van der Waals surface area contributed by atoms with Gasteiger partial charge in [0.05, 0.1) is 0 Å². The predicted molar refractivity (Wildman–Crippen MR) is 51.1 cm³/mol. The van der Waals surface area contributed by atoms with Crippen molar-refractivity contribution in [3.05, 3.63) is 0 Å². The molecule has 1 atom stereocenters. The minimum Gasteiger partial charge on any atom is -0.0893 e. The van der Waals surface area contributed by atoms with E-state index < -0.39 is 0 Å². The Morgan fingerprint density at radius 1 is 1.30 bits per heavy atom. The highest BCUT2D eigenvalue weighted by Gasteiger charge is 2.03. The molecule has 10 heavy (non-hydrogen) atoms. The molecule has 0 saturated carbocycles. The maximum Gasteiger partial charge on any atom is 0.117 e. The summed E-state index contributed by atoms with van der Waals surface area (Å²) in [5, 5.41) is 0. The van der Waals surface area contributed by atoms with Gasteiger partial charge < -0.3 is 0 Å². The fourth-order valence-electron chi connectivity index (χ4n) is 1.45. The molecule has 0 radical (unpaired) electrons. The highest BCUT2D eigenvalue weighted by molar-refractivity contribution is 6.33. The first-order valence-electron chi connectivity index (χ1n) is 4.85. The van der Waals surface area contributed by atoms with Crippen LogP contribution in [0.2, 0.25) is 13.1 Å². The molecule has 0 aromatic heterocycles. The molecule has 0 N–H and O–H groups in total. The van der Waals surface area contributed by atoms with Gasteiger partial charge in [-0.25, -0.2) is 0 Å². The van der Waals surface area contributed by atoms with Gasteiger partial charge in [0.15, 0.2) is 0 Å². The number of unbranched alkanes of at least 4 members (excludes halogenated alkanes) is 1. The summed E-state index contributed by atoms with van der Waals surface area (Å²) in [5.74, 6) is 1.02. The van der Waals surface area contributed by atoms with Crippen LogP contribution in [-0.2, 0) is 0 Å². The monoisotopic (exact) mass is 140 g/mol. The molecular weight excluding hydrogens is 119 g/mol. The summed E-state index contributed by atoms with van der Waals surface area (Å²) in [6.07, 6.45) is 7.07. The molecule has 0 aliphatic carbocycles. The molecule has 0 amide bonds. The molecule has 0 saturated heterocycles. The second-order valence-electron chi connectivity index (χ2n) is 3.21. The van der Waals surface area contributed by atoms with Gasteiger partial charge in [-0.3, -0.25) is 0 Å². The van der Waals surface area contributed by atoms with Crippen LogP contribution < -0.4 is 0 Å². The predicted octanol–water partition coefficient (Wildman–Crippen LogP) is 3.11. The molecule has 0 aliphatic heterocycles. The molecule has 0 aromatic carbocycles. The SMILES string of the molecule is CBCC(CC)CCCC. The summed E-state index contributed by atoms with van der Waals surface area (Å²) in [6.45, 7) is 6.88. The fraction of sp³-hybridized carbons (Fsp3) is 1.00. The van der Waals surface area contributed by atoms with E-state index >= 15 is 0 Å². The van der Waals surface area contributed by atoms with Crippen molar-refractivity contribution >= 4 is 7.28 Å². The van der Waals surface area contributed by atoms with Crippen LogP contribution in [-0.4, -0.2) is 7.28 Å². The second-order valence-corrected chi connectivity index (χ2v) is 3.21. The largest absolute Gasteiger partial charge is 0.117 e. The first-order valence-corrected chi connectivity index (χ1v) is 4.85. The lowest BCUT2D eigenvalue weighted by molar-refractivity contribution is 0.490. The minimum atomic E-state index is 1.02. The summed E-state index contributed by atoms with van der Waals surface area (Å²) in [6, 6.07) is 0. The molecule has 60 valence electrons. The van der Waals surface area contributed by atoms with Crippen molar-refractivity contribution in [1.29, 1.82) is 0 Å². The van der Waals surface area contributed by atoms with Crippen molar-refractivity contribution in [2.45, 2.75) is 52.7 Å². The third kappa shape index (κ3) is 4.90. The second kappa shape index (κ2) is 7.18. The van der Waals surface area contributed by atoms with E-state index in [2.05, 4.69) is 20.7 Å². The van der Waals surface area contributed by atoms with E-state index in [9.17, 15) is 0 Å². The highest BCUT2D eigenvalue weighted by Crippen LogP contribution is 2.16. The zero-order valence-electron chi connectivity index (χ0n) is 7.82. The first-order chi connectivity index (χ1) is 4.85. The maximum atomic E-state index is 2.32. The molecule has 0 spiro atoms. The topological polar surface area (TPSA) is 0 Å². The molecular formula is C9H21B. The third-order valence-corrected chi connectivity index (χ3v) is 2.24. The molecule has 1 unspecified atom stereocenters. The molecule has 0 fully saturated rings. The van der Waals surface area contributed by atoms with E-state index in [0.29, 0.717) is 0 Å². The van der Waals surface area contributed by atoms with E-state index in [1.54, 1.807) is 0 Å². The number of hydrogen-bond donors (Lipinski definition) is 0. The van der Waals surface area contributed by atoms with E-state index in [-0.39, 0.29) is 0 Å². The Kier molecular flexibility index (Phi) is 7.22. The van der Waals surface area contributed by atoms with Crippen LogP contribution in [0.4, 0.5) is 0 Å². The Hall–Kier alpha value is 0.0649. The van der Waals surface area contributed by atoms with Crippen LogP contribution >= 0.6 is 0 Å². The summed E-state index contributed by atoms with van der Waals surface area (Å²) in [7, 11) is 1.36. The zero-order chi connectivity index (χ0) is 7.82. The molecule has 0 bridgehead atoms. The van der Waals surface area contributed by atoms with Crippen molar-refractivity contribution in [3.63, 3.8) is 0 Å². The highest BCUT2D eigenvalue weighted by atomic mass is 14.0. The average Bonchev–Trinajstić information content (AvgIpc) is 1.98. The summed E-state index contributed by atoms with van der Waals surface area (Å²) in [5.41, 5.74) is 0. The maximum absolute atomic E-state index is 2.32. The Labute approximate surface area is 66.6 Å². The van der Waals surface area contributed by atoms with Gasteiger partial charge in [-0.1, -0.05) is 52.7 Å². The van der Waals surface area contributed by atoms with Crippen LogP contribution in [0.25, 0.3) is 0 Å². The number of hydrogen-bond acceptors (Lipinski definition) is 0. The first kappa shape index (κ1) is 10.1.